The summed E-state index contributed by atoms with van der Waals surface area (Å²) >= 11 is 7.48. The van der Waals surface area contributed by atoms with Crippen molar-refractivity contribution in [1.82, 2.24) is 24.6 Å². The molecular weight excluding hydrogens is 483 g/mol. The molecule has 0 spiro atoms. The SMILES string of the molecule is CN1CCc2nc(C(=O)NC3CCCCC3(N)C(=O)c3cn4cc(Cl)ccc4n3)sc2C1.Cl. The number of ketones is 1. The number of nitrogens with zero attached hydrogens (tertiary/aromatic N) is 4. The molecule has 0 saturated heterocycles. The molecule has 4 heterocycles. The lowest BCUT2D eigenvalue weighted by atomic mass is 9.74. The molecule has 8 nitrogen and oxygen atoms in total. The van der Waals surface area contributed by atoms with Crippen molar-refractivity contribution >= 4 is 52.7 Å². The molecule has 0 bridgehead atoms. The lowest BCUT2D eigenvalue weighted by Crippen LogP contribution is -2.64. The van der Waals surface area contributed by atoms with Crippen LogP contribution in [0.25, 0.3) is 5.65 Å². The van der Waals surface area contributed by atoms with Gasteiger partial charge in [0.05, 0.1) is 16.8 Å². The number of carbonyl (C=O) groups excluding carboxylic acids is 2. The summed E-state index contributed by atoms with van der Waals surface area (Å²) in [6, 6.07) is 3.00. The van der Waals surface area contributed by atoms with E-state index in [0.717, 1.165) is 42.9 Å². The molecule has 0 aromatic carbocycles. The standard InChI is InChI=1S/C22H25ClN6O2S.ClH/c1-28-9-7-14-16(12-28)32-21(26-14)20(31)27-17-4-2-3-8-22(17,24)19(30)15-11-29-10-13(23)5-6-18(29)25-15;/h5-6,10-11,17H,2-4,7-9,12,24H2,1H3,(H,27,31);1H. The van der Waals surface area contributed by atoms with Crippen molar-refractivity contribution in [2.45, 2.75) is 50.2 Å². The van der Waals surface area contributed by atoms with Crippen molar-refractivity contribution in [3.05, 3.63) is 50.8 Å². The van der Waals surface area contributed by atoms with Crippen molar-refractivity contribution in [1.29, 1.82) is 0 Å². The number of halogens is 2. The summed E-state index contributed by atoms with van der Waals surface area (Å²) in [6.45, 7) is 1.74. The molecule has 5 rings (SSSR count). The van der Waals surface area contributed by atoms with Crippen LogP contribution < -0.4 is 11.1 Å². The van der Waals surface area contributed by atoms with Crippen LogP contribution in [0, 0.1) is 0 Å². The Morgan fingerprint density at radius 2 is 2.09 bits per heavy atom. The van der Waals surface area contributed by atoms with Crippen molar-refractivity contribution in [2.24, 2.45) is 5.73 Å². The summed E-state index contributed by atoms with van der Waals surface area (Å²) < 4.78 is 1.71. The summed E-state index contributed by atoms with van der Waals surface area (Å²) in [5.41, 5.74) is 7.40. The first-order chi connectivity index (χ1) is 15.3. The quantitative estimate of drug-likeness (QED) is 0.524. The Kier molecular flexibility index (Phi) is 6.80. The molecule has 3 aromatic rings. The van der Waals surface area contributed by atoms with Crippen LogP contribution in [0.3, 0.4) is 0 Å². The van der Waals surface area contributed by atoms with Gasteiger partial charge in [-0.25, -0.2) is 9.97 Å². The first-order valence-electron chi connectivity index (χ1n) is 10.8. The maximum atomic E-state index is 13.5. The molecule has 11 heteroatoms. The highest BCUT2D eigenvalue weighted by Gasteiger charge is 2.46. The topological polar surface area (TPSA) is 106 Å². The maximum absolute atomic E-state index is 13.5. The molecule has 176 valence electrons. The number of imidazole rings is 1. The number of hydrogen-bond acceptors (Lipinski definition) is 7. The molecule has 2 aliphatic rings. The molecule has 2 atom stereocenters. The smallest absolute Gasteiger partial charge is 0.280 e. The number of Topliss-reactive ketones (excluding diaryl/α,β-unsaturated/α-hetero) is 1. The van der Waals surface area contributed by atoms with Gasteiger partial charge in [0.1, 0.15) is 16.9 Å². The predicted octanol–water partition coefficient (Wildman–Crippen LogP) is 3.11. The van der Waals surface area contributed by atoms with Gasteiger partial charge in [-0.3, -0.25) is 9.59 Å². The van der Waals surface area contributed by atoms with Crippen molar-refractivity contribution in [3.8, 4) is 0 Å². The molecule has 1 aliphatic heterocycles. The third kappa shape index (κ3) is 4.52. The number of likely N-dealkylation sites (N-methyl/N-ethyl adjacent to an activating group) is 1. The number of carbonyl (C=O) groups is 2. The minimum Gasteiger partial charge on any atom is -0.345 e. The highest BCUT2D eigenvalue weighted by Crippen LogP contribution is 2.31. The highest BCUT2D eigenvalue weighted by molar-refractivity contribution is 7.13. The van der Waals surface area contributed by atoms with Crippen LogP contribution in [-0.4, -0.2) is 56.1 Å². The fourth-order valence-electron chi connectivity index (χ4n) is 4.62. The Bertz CT molecular complexity index is 1210. The number of hydrogen-bond donors (Lipinski definition) is 2. The van der Waals surface area contributed by atoms with Gasteiger partial charge in [0.25, 0.3) is 5.91 Å². The van der Waals surface area contributed by atoms with Gasteiger partial charge in [0.2, 0.25) is 5.78 Å². The normalized spacial score (nSPS) is 23.1. The summed E-state index contributed by atoms with van der Waals surface area (Å²) in [5, 5.41) is 4.02. The number of pyridine rings is 1. The zero-order valence-corrected chi connectivity index (χ0v) is 20.6. The van der Waals surface area contributed by atoms with Crippen molar-refractivity contribution < 1.29 is 9.59 Å². The van der Waals surface area contributed by atoms with Crippen LogP contribution >= 0.6 is 35.3 Å². The number of nitrogens with one attached hydrogen (secondary N) is 1. The van der Waals surface area contributed by atoms with Crippen LogP contribution in [0.2, 0.25) is 5.02 Å². The molecule has 1 aliphatic carbocycles. The summed E-state index contributed by atoms with van der Waals surface area (Å²) in [5.74, 6) is -0.522. The number of rotatable bonds is 4. The first kappa shape index (κ1) is 24.1. The van der Waals surface area contributed by atoms with Gasteiger partial charge in [0, 0.05) is 36.8 Å². The second kappa shape index (κ2) is 9.31. The number of fused-ring (bicyclic) bond motifs is 2. The molecule has 1 amide bonds. The molecule has 3 N–H and O–H groups in total. The van der Waals surface area contributed by atoms with E-state index in [2.05, 4.69) is 27.2 Å². The van der Waals surface area contributed by atoms with E-state index < -0.39 is 11.6 Å². The van der Waals surface area contributed by atoms with Crippen molar-refractivity contribution in [2.75, 3.05) is 13.6 Å². The van der Waals surface area contributed by atoms with Gasteiger partial charge < -0.3 is 20.4 Å². The zero-order valence-electron chi connectivity index (χ0n) is 18.2. The number of thiazole rings is 1. The molecule has 0 radical (unpaired) electrons. The molecule has 1 saturated carbocycles. The first-order valence-corrected chi connectivity index (χ1v) is 12.0. The van der Waals surface area contributed by atoms with Crippen molar-refractivity contribution in [3.63, 3.8) is 0 Å². The van der Waals surface area contributed by atoms with E-state index in [9.17, 15) is 9.59 Å². The Balaban J connectivity index is 0.00000259. The van der Waals surface area contributed by atoms with Gasteiger partial charge in [-0.15, -0.1) is 23.7 Å². The summed E-state index contributed by atoms with van der Waals surface area (Å²) in [7, 11) is 2.06. The molecule has 1 fully saturated rings. The van der Waals surface area contributed by atoms with Gasteiger partial charge >= 0.3 is 0 Å². The van der Waals surface area contributed by atoms with Gasteiger partial charge in [-0.05, 0) is 32.0 Å². The number of nitrogens with two attached hydrogens (primary N) is 1. The molecule has 3 aromatic heterocycles. The third-order valence-electron chi connectivity index (χ3n) is 6.45. The monoisotopic (exact) mass is 508 g/mol. The molecular formula is C22H26Cl2N6O2S. The molecule has 33 heavy (non-hydrogen) atoms. The predicted molar refractivity (Wildman–Crippen MR) is 131 cm³/mol. The maximum Gasteiger partial charge on any atom is 0.280 e. The highest BCUT2D eigenvalue weighted by atomic mass is 35.5. The van der Waals surface area contributed by atoms with E-state index in [1.54, 1.807) is 28.9 Å². The largest absolute Gasteiger partial charge is 0.345 e. The van der Waals surface area contributed by atoms with E-state index in [-0.39, 0.29) is 29.8 Å². The van der Waals surface area contributed by atoms with E-state index in [1.807, 2.05) is 0 Å². The average Bonchev–Trinajstić information content (AvgIpc) is 3.38. The lowest BCUT2D eigenvalue weighted by molar-refractivity contribution is 0.0754. The van der Waals surface area contributed by atoms with Crippen LogP contribution in [0.5, 0.6) is 0 Å². The fraction of sp³-hybridized carbons (Fsp3) is 0.455. The summed E-state index contributed by atoms with van der Waals surface area (Å²) in [6.07, 6.45) is 7.05. The van der Waals surface area contributed by atoms with Crippen LogP contribution in [0.4, 0.5) is 0 Å². The Labute approximate surface area is 206 Å². The van der Waals surface area contributed by atoms with Gasteiger partial charge in [-0.1, -0.05) is 24.4 Å². The average molecular weight is 509 g/mol. The van der Waals surface area contributed by atoms with Gasteiger partial charge in [0.15, 0.2) is 5.01 Å². The Morgan fingerprint density at radius 3 is 2.91 bits per heavy atom. The second-order valence-electron chi connectivity index (χ2n) is 8.76. The minimum atomic E-state index is -1.22. The van der Waals surface area contributed by atoms with Crippen LogP contribution in [-0.2, 0) is 13.0 Å². The number of aromatic nitrogens is 3. The molecule has 2 unspecified atom stereocenters. The van der Waals surface area contributed by atoms with E-state index >= 15 is 0 Å². The zero-order chi connectivity index (χ0) is 22.5. The van der Waals surface area contributed by atoms with E-state index in [1.165, 1.54) is 11.3 Å². The summed E-state index contributed by atoms with van der Waals surface area (Å²) in [4.78, 5) is 38.9. The lowest BCUT2D eigenvalue weighted by Gasteiger charge is -2.39. The fourth-order valence-corrected chi connectivity index (χ4v) is 5.88. The Morgan fingerprint density at radius 1 is 1.27 bits per heavy atom. The third-order valence-corrected chi connectivity index (χ3v) is 7.75. The second-order valence-corrected chi connectivity index (χ2v) is 10.3. The van der Waals surface area contributed by atoms with Crippen LogP contribution in [0.1, 0.15) is 56.5 Å². The van der Waals surface area contributed by atoms with E-state index in [4.69, 9.17) is 17.3 Å². The van der Waals surface area contributed by atoms with Gasteiger partial charge in [-0.2, -0.15) is 0 Å². The minimum absolute atomic E-state index is 0. The number of amides is 1. The van der Waals surface area contributed by atoms with E-state index in [0.29, 0.717) is 28.5 Å². The Hall–Kier alpha value is -2.04. The van der Waals surface area contributed by atoms with Crippen LogP contribution in [0.15, 0.2) is 24.5 Å².